The van der Waals surface area contributed by atoms with Crippen molar-refractivity contribution in [3.05, 3.63) is 39.6 Å². The SMILES string of the molecule is Cc1noc(-c2ccccc2)c1I. The van der Waals surface area contributed by atoms with E-state index < -0.39 is 0 Å². The minimum absolute atomic E-state index is 0.860. The molecule has 0 fully saturated rings. The molecule has 66 valence electrons. The van der Waals surface area contributed by atoms with Crippen molar-refractivity contribution in [3.63, 3.8) is 0 Å². The topological polar surface area (TPSA) is 26.0 Å². The van der Waals surface area contributed by atoms with Crippen LogP contribution >= 0.6 is 22.6 Å². The summed E-state index contributed by atoms with van der Waals surface area (Å²) in [4.78, 5) is 0. The molecule has 2 nitrogen and oxygen atoms in total. The molecule has 2 aromatic rings. The summed E-state index contributed by atoms with van der Waals surface area (Å²) >= 11 is 2.25. The molecule has 1 aromatic carbocycles. The summed E-state index contributed by atoms with van der Waals surface area (Å²) < 4.78 is 6.31. The van der Waals surface area contributed by atoms with Crippen molar-refractivity contribution in [1.29, 1.82) is 0 Å². The van der Waals surface area contributed by atoms with E-state index in [1.807, 2.05) is 37.3 Å². The lowest BCUT2D eigenvalue weighted by Crippen LogP contribution is -1.77. The lowest BCUT2D eigenvalue weighted by molar-refractivity contribution is 0.427. The number of hydrogen-bond acceptors (Lipinski definition) is 2. The number of hydrogen-bond donors (Lipinski definition) is 0. The van der Waals surface area contributed by atoms with Crippen molar-refractivity contribution in [2.45, 2.75) is 6.92 Å². The van der Waals surface area contributed by atoms with Crippen molar-refractivity contribution in [1.82, 2.24) is 5.16 Å². The number of benzene rings is 1. The fraction of sp³-hybridized carbons (Fsp3) is 0.100. The first-order valence-corrected chi connectivity index (χ1v) is 5.04. The Morgan fingerprint density at radius 3 is 2.46 bits per heavy atom. The second-order valence-electron chi connectivity index (χ2n) is 2.78. The van der Waals surface area contributed by atoms with Crippen molar-refractivity contribution in [3.8, 4) is 11.3 Å². The highest BCUT2D eigenvalue weighted by Gasteiger charge is 2.10. The van der Waals surface area contributed by atoms with Crippen LogP contribution in [0.4, 0.5) is 0 Å². The van der Waals surface area contributed by atoms with Crippen molar-refractivity contribution in [2.75, 3.05) is 0 Å². The van der Waals surface area contributed by atoms with Crippen molar-refractivity contribution >= 4 is 22.6 Å². The lowest BCUT2D eigenvalue weighted by Gasteiger charge is -1.94. The Labute approximate surface area is 90.1 Å². The molecule has 2 rings (SSSR count). The molecule has 0 bridgehead atoms. The summed E-state index contributed by atoms with van der Waals surface area (Å²) in [5.74, 6) is 0.860. The van der Waals surface area contributed by atoms with Gasteiger partial charge in [-0.2, -0.15) is 0 Å². The van der Waals surface area contributed by atoms with Gasteiger partial charge in [-0.15, -0.1) is 0 Å². The highest BCUT2D eigenvalue weighted by molar-refractivity contribution is 14.1. The van der Waals surface area contributed by atoms with E-state index >= 15 is 0 Å². The Kier molecular flexibility index (Phi) is 2.35. The Morgan fingerprint density at radius 1 is 1.23 bits per heavy atom. The first-order valence-electron chi connectivity index (χ1n) is 3.96. The summed E-state index contributed by atoms with van der Waals surface area (Å²) in [5.41, 5.74) is 2.02. The molecule has 0 amide bonds. The molecule has 3 heteroatoms. The average molecular weight is 285 g/mol. The molecule has 0 saturated heterocycles. The maximum absolute atomic E-state index is 5.22. The summed E-state index contributed by atoms with van der Waals surface area (Å²) in [6.07, 6.45) is 0. The van der Waals surface area contributed by atoms with Crippen molar-refractivity contribution < 1.29 is 4.52 Å². The van der Waals surface area contributed by atoms with E-state index in [-0.39, 0.29) is 0 Å². The van der Waals surface area contributed by atoms with Gasteiger partial charge in [0.15, 0.2) is 5.76 Å². The molecule has 0 radical (unpaired) electrons. The van der Waals surface area contributed by atoms with Crippen LogP contribution in [0.5, 0.6) is 0 Å². The number of aromatic nitrogens is 1. The zero-order valence-electron chi connectivity index (χ0n) is 7.12. The van der Waals surface area contributed by atoms with Gasteiger partial charge in [0.2, 0.25) is 0 Å². The third kappa shape index (κ3) is 1.60. The van der Waals surface area contributed by atoms with E-state index in [0.717, 1.165) is 20.6 Å². The van der Waals surface area contributed by atoms with Crippen LogP contribution in [0.1, 0.15) is 5.69 Å². The summed E-state index contributed by atoms with van der Waals surface area (Å²) in [7, 11) is 0. The second-order valence-corrected chi connectivity index (χ2v) is 3.86. The number of aryl methyl sites for hydroxylation is 1. The smallest absolute Gasteiger partial charge is 0.180 e. The largest absolute Gasteiger partial charge is 0.355 e. The van der Waals surface area contributed by atoms with Crippen LogP contribution in [0.15, 0.2) is 34.9 Å². The Hall–Kier alpha value is -0.840. The molecule has 0 aliphatic rings. The van der Waals surface area contributed by atoms with Crippen LogP contribution in [-0.4, -0.2) is 5.16 Å². The van der Waals surface area contributed by atoms with E-state index in [4.69, 9.17) is 4.52 Å². The predicted octanol–water partition coefficient (Wildman–Crippen LogP) is 3.25. The van der Waals surface area contributed by atoms with Crippen molar-refractivity contribution in [2.24, 2.45) is 0 Å². The zero-order chi connectivity index (χ0) is 9.26. The summed E-state index contributed by atoms with van der Waals surface area (Å²) in [6, 6.07) is 10.00. The molecule has 0 aliphatic heterocycles. The zero-order valence-corrected chi connectivity index (χ0v) is 9.28. The van der Waals surface area contributed by atoms with Gasteiger partial charge < -0.3 is 4.52 Å². The molecule has 0 N–H and O–H groups in total. The van der Waals surface area contributed by atoms with Crippen LogP contribution in [0, 0.1) is 10.5 Å². The molecular formula is C10H8INO. The normalized spacial score (nSPS) is 10.3. The molecule has 1 heterocycles. The molecule has 1 aromatic heterocycles. The van der Waals surface area contributed by atoms with Crippen LogP contribution in [-0.2, 0) is 0 Å². The molecule has 0 aliphatic carbocycles. The third-order valence-electron chi connectivity index (χ3n) is 1.83. The van der Waals surface area contributed by atoms with Gasteiger partial charge in [-0.1, -0.05) is 35.5 Å². The maximum Gasteiger partial charge on any atom is 0.180 e. The minimum atomic E-state index is 0.860. The standard InChI is InChI=1S/C10H8INO/c1-7-9(11)10(13-12-7)8-5-3-2-4-6-8/h2-6H,1H3. The van der Waals surface area contributed by atoms with E-state index in [1.165, 1.54) is 0 Å². The third-order valence-corrected chi connectivity index (χ3v) is 3.10. The number of nitrogens with zero attached hydrogens (tertiary/aromatic N) is 1. The fourth-order valence-electron chi connectivity index (χ4n) is 1.13. The average Bonchev–Trinajstić information content (AvgIpc) is 2.49. The quantitative estimate of drug-likeness (QED) is 0.752. The van der Waals surface area contributed by atoms with Gasteiger partial charge in [-0.3, -0.25) is 0 Å². The Morgan fingerprint density at radius 2 is 1.92 bits per heavy atom. The molecule has 0 spiro atoms. The van der Waals surface area contributed by atoms with Gasteiger partial charge in [0.05, 0.1) is 9.26 Å². The molecule has 13 heavy (non-hydrogen) atoms. The van der Waals surface area contributed by atoms with Gasteiger partial charge in [-0.25, -0.2) is 0 Å². The van der Waals surface area contributed by atoms with Crippen LogP contribution in [0.3, 0.4) is 0 Å². The van der Waals surface area contributed by atoms with Crippen LogP contribution in [0.25, 0.3) is 11.3 Å². The summed E-state index contributed by atoms with van der Waals surface area (Å²) in [5, 5.41) is 3.91. The van der Waals surface area contributed by atoms with Crippen LogP contribution < -0.4 is 0 Å². The molecule has 0 atom stereocenters. The first-order chi connectivity index (χ1) is 6.29. The highest BCUT2D eigenvalue weighted by Crippen LogP contribution is 2.26. The Bertz CT molecular complexity index is 408. The highest BCUT2D eigenvalue weighted by atomic mass is 127. The maximum atomic E-state index is 5.22. The number of halogens is 1. The number of rotatable bonds is 1. The van der Waals surface area contributed by atoms with Gasteiger partial charge in [0, 0.05) is 5.56 Å². The minimum Gasteiger partial charge on any atom is -0.355 e. The van der Waals surface area contributed by atoms with Gasteiger partial charge in [-0.05, 0) is 29.5 Å². The van der Waals surface area contributed by atoms with E-state index in [1.54, 1.807) is 0 Å². The van der Waals surface area contributed by atoms with E-state index in [0.29, 0.717) is 0 Å². The van der Waals surface area contributed by atoms with E-state index in [9.17, 15) is 0 Å². The van der Waals surface area contributed by atoms with E-state index in [2.05, 4.69) is 27.7 Å². The molecule has 0 saturated carbocycles. The van der Waals surface area contributed by atoms with Crippen LogP contribution in [0.2, 0.25) is 0 Å². The first kappa shape index (κ1) is 8.74. The molecular weight excluding hydrogens is 277 g/mol. The summed E-state index contributed by atoms with van der Waals surface area (Å²) in [6.45, 7) is 1.94. The van der Waals surface area contributed by atoms with Gasteiger partial charge >= 0.3 is 0 Å². The predicted molar refractivity (Wildman–Crippen MR) is 59.4 cm³/mol. The second kappa shape index (κ2) is 3.49. The fourth-order valence-corrected chi connectivity index (χ4v) is 1.64. The Balaban J connectivity index is 2.53. The van der Waals surface area contributed by atoms with Gasteiger partial charge in [0.25, 0.3) is 0 Å². The monoisotopic (exact) mass is 285 g/mol. The molecule has 0 unspecified atom stereocenters. The lowest BCUT2D eigenvalue weighted by atomic mass is 10.2. The van der Waals surface area contributed by atoms with Gasteiger partial charge in [0.1, 0.15) is 0 Å².